The Hall–Kier alpha value is -0.410. The molecule has 1 aromatic rings. The van der Waals surface area contributed by atoms with Crippen molar-refractivity contribution in [3.05, 3.63) is 16.1 Å². The van der Waals surface area contributed by atoms with Crippen molar-refractivity contribution in [2.24, 2.45) is 5.92 Å². The van der Waals surface area contributed by atoms with E-state index in [1.807, 2.05) is 11.3 Å². The Bertz CT molecular complexity index is 412. The molecule has 3 heteroatoms. The third kappa shape index (κ3) is 2.77. The van der Waals surface area contributed by atoms with Crippen LogP contribution in [0.25, 0.3) is 0 Å². The molecule has 0 radical (unpaired) electrons. The molecule has 0 aromatic carbocycles. The highest BCUT2D eigenvalue weighted by atomic mass is 32.1. The fraction of sp³-hybridized carbons (Fsp3) is 0.800. The van der Waals surface area contributed by atoms with Crippen LogP contribution < -0.4 is 5.32 Å². The van der Waals surface area contributed by atoms with Gasteiger partial charge in [-0.3, -0.25) is 0 Å². The Morgan fingerprint density at radius 1 is 1.28 bits per heavy atom. The second kappa shape index (κ2) is 4.61. The lowest BCUT2D eigenvalue weighted by Gasteiger charge is -2.33. The number of aromatic nitrogens is 1. The lowest BCUT2D eigenvalue weighted by Crippen LogP contribution is -2.45. The molecule has 1 aliphatic carbocycles. The van der Waals surface area contributed by atoms with Crippen LogP contribution in [0.4, 0.5) is 0 Å². The maximum Gasteiger partial charge on any atom is 0.113 e. The molecule has 2 nitrogen and oxygen atoms in total. The number of thiazole rings is 1. The van der Waals surface area contributed by atoms with Crippen molar-refractivity contribution in [3.63, 3.8) is 0 Å². The van der Waals surface area contributed by atoms with Crippen LogP contribution in [0.15, 0.2) is 5.38 Å². The molecule has 0 bridgehead atoms. The molecule has 0 amide bonds. The summed E-state index contributed by atoms with van der Waals surface area (Å²) in [6.45, 7) is 13.6. The van der Waals surface area contributed by atoms with Crippen LogP contribution in [0.3, 0.4) is 0 Å². The molecular formula is C15H26N2S. The average molecular weight is 266 g/mol. The van der Waals surface area contributed by atoms with Crippen molar-refractivity contribution >= 4 is 11.3 Å². The number of hydrogen-bond donors (Lipinski definition) is 1. The first-order valence-electron chi connectivity index (χ1n) is 6.97. The summed E-state index contributed by atoms with van der Waals surface area (Å²) in [5, 5.41) is 7.27. The van der Waals surface area contributed by atoms with Crippen LogP contribution >= 0.6 is 11.3 Å². The molecule has 1 unspecified atom stereocenters. The van der Waals surface area contributed by atoms with Gasteiger partial charge in [0.2, 0.25) is 0 Å². The summed E-state index contributed by atoms with van der Waals surface area (Å²) in [5.41, 5.74) is 1.38. The van der Waals surface area contributed by atoms with Crippen molar-refractivity contribution in [1.82, 2.24) is 10.3 Å². The third-order valence-electron chi connectivity index (χ3n) is 3.95. The highest BCUT2D eigenvalue weighted by Gasteiger charge is 2.38. The zero-order valence-corrected chi connectivity index (χ0v) is 13.3. The molecule has 0 spiro atoms. The molecule has 1 atom stereocenters. The van der Waals surface area contributed by atoms with E-state index in [4.69, 9.17) is 4.98 Å². The summed E-state index contributed by atoms with van der Waals surface area (Å²) in [6, 6.07) is 0.708. The zero-order valence-electron chi connectivity index (χ0n) is 12.5. The average Bonchev–Trinajstić information content (AvgIpc) is 2.89. The highest BCUT2D eigenvalue weighted by Crippen LogP contribution is 2.37. The van der Waals surface area contributed by atoms with E-state index in [0.717, 1.165) is 0 Å². The summed E-state index contributed by atoms with van der Waals surface area (Å²) in [7, 11) is 0. The van der Waals surface area contributed by atoms with E-state index >= 15 is 0 Å². The van der Waals surface area contributed by atoms with Gasteiger partial charge in [-0.1, -0.05) is 34.6 Å². The molecule has 1 aromatic heterocycles. The molecule has 1 fully saturated rings. The van der Waals surface area contributed by atoms with Crippen molar-refractivity contribution in [1.29, 1.82) is 0 Å². The van der Waals surface area contributed by atoms with Gasteiger partial charge in [0.25, 0.3) is 0 Å². The molecule has 0 saturated heterocycles. The van der Waals surface area contributed by atoms with Gasteiger partial charge in [0.05, 0.1) is 11.2 Å². The molecule has 1 N–H and O–H groups in total. The molecule has 1 heterocycles. The third-order valence-corrected chi connectivity index (χ3v) is 5.03. The van der Waals surface area contributed by atoms with Crippen LogP contribution in [0.2, 0.25) is 0 Å². The van der Waals surface area contributed by atoms with E-state index in [1.54, 1.807) is 0 Å². The van der Waals surface area contributed by atoms with Crippen molar-refractivity contribution < 1.29 is 0 Å². The van der Waals surface area contributed by atoms with Gasteiger partial charge in [-0.2, -0.15) is 0 Å². The Morgan fingerprint density at radius 3 is 2.28 bits per heavy atom. The SMILES string of the molecule is CC(C)C(C)(NC1CC1)c1nc(C(C)(C)C)cs1. The van der Waals surface area contributed by atoms with E-state index in [1.165, 1.54) is 23.5 Å². The maximum absolute atomic E-state index is 4.91. The standard InChI is InChI=1S/C15H26N2S/c1-10(2)15(6,17-11-7-8-11)13-16-12(9-18-13)14(3,4)5/h9-11,17H,7-8H2,1-6H3. The first-order valence-corrected chi connectivity index (χ1v) is 7.85. The summed E-state index contributed by atoms with van der Waals surface area (Å²) in [5.74, 6) is 0.553. The molecular weight excluding hydrogens is 240 g/mol. The minimum Gasteiger partial charge on any atom is -0.303 e. The zero-order chi connectivity index (χ0) is 13.6. The Morgan fingerprint density at radius 2 is 1.89 bits per heavy atom. The van der Waals surface area contributed by atoms with E-state index in [2.05, 4.69) is 52.2 Å². The van der Waals surface area contributed by atoms with Crippen LogP contribution in [0.1, 0.15) is 65.1 Å². The van der Waals surface area contributed by atoms with Gasteiger partial charge in [-0.15, -0.1) is 11.3 Å². The predicted molar refractivity (Wildman–Crippen MR) is 79.2 cm³/mol. The van der Waals surface area contributed by atoms with Crippen molar-refractivity contribution in [2.75, 3.05) is 0 Å². The van der Waals surface area contributed by atoms with Gasteiger partial charge in [-0.05, 0) is 25.7 Å². The quantitative estimate of drug-likeness (QED) is 0.889. The molecule has 2 rings (SSSR count). The minimum atomic E-state index is 0.0231. The summed E-state index contributed by atoms with van der Waals surface area (Å²) >= 11 is 1.81. The summed E-state index contributed by atoms with van der Waals surface area (Å²) < 4.78 is 0. The Balaban J connectivity index is 2.27. The molecule has 1 aliphatic rings. The highest BCUT2D eigenvalue weighted by molar-refractivity contribution is 7.09. The van der Waals surface area contributed by atoms with E-state index < -0.39 is 0 Å². The van der Waals surface area contributed by atoms with Crippen LogP contribution in [0.5, 0.6) is 0 Å². The van der Waals surface area contributed by atoms with Gasteiger partial charge in [-0.25, -0.2) is 4.98 Å². The van der Waals surface area contributed by atoms with Crippen molar-refractivity contribution in [3.8, 4) is 0 Å². The van der Waals surface area contributed by atoms with Gasteiger partial charge < -0.3 is 5.32 Å². The summed E-state index contributed by atoms with van der Waals surface area (Å²) in [6.07, 6.45) is 2.64. The molecule has 0 aliphatic heterocycles. The first kappa shape index (κ1) is 14.0. The Labute approximate surface area is 115 Å². The molecule has 18 heavy (non-hydrogen) atoms. The smallest absolute Gasteiger partial charge is 0.113 e. The largest absolute Gasteiger partial charge is 0.303 e. The summed E-state index contributed by atoms with van der Waals surface area (Å²) in [4.78, 5) is 4.91. The number of hydrogen-bond acceptors (Lipinski definition) is 3. The number of rotatable bonds is 4. The van der Waals surface area contributed by atoms with Gasteiger partial charge >= 0.3 is 0 Å². The Kier molecular flexibility index (Phi) is 3.58. The van der Waals surface area contributed by atoms with E-state index in [9.17, 15) is 0 Å². The van der Waals surface area contributed by atoms with Crippen LogP contribution in [-0.4, -0.2) is 11.0 Å². The fourth-order valence-electron chi connectivity index (χ4n) is 1.98. The second-order valence-corrected chi connectivity index (χ2v) is 7.92. The van der Waals surface area contributed by atoms with Gasteiger partial charge in [0.1, 0.15) is 5.01 Å². The topological polar surface area (TPSA) is 24.9 Å². The lowest BCUT2D eigenvalue weighted by molar-refractivity contribution is 0.260. The van der Waals surface area contributed by atoms with E-state index in [0.29, 0.717) is 12.0 Å². The second-order valence-electron chi connectivity index (χ2n) is 7.06. The van der Waals surface area contributed by atoms with Crippen LogP contribution in [0, 0.1) is 5.92 Å². The fourth-order valence-corrected chi connectivity index (χ4v) is 3.30. The number of nitrogens with zero attached hydrogens (tertiary/aromatic N) is 1. The van der Waals surface area contributed by atoms with Crippen LogP contribution in [-0.2, 0) is 11.0 Å². The van der Waals surface area contributed by atoms with Gasteiger partial charge in [0, 0.05) is 16.8 Å². The normalized spacial score (nSPS) is 20.2. The molecule has 1 saturated carbocycles. The number of nitrogens with one attached hydrogen (secondary N) is 1. The van der Waals surface area contributed by atoms with Gasteiger partial charge in [0.15, 0.2) is 0 Å². The molecule has 102 valence electrons. The predicted octanol–water partition coefficient (Wildman–Crippen LogP) is 4.06. The first-order chi connectivity index (χ1) is 8.23. The lowest BCUT2D eigenvalue weighted by atomic mass is 9.88. The van der Waals surface area contributed by atoms with Crippen molar-refractivity contribution in [2.45, 2.75) is 71.4 Å². The van der Waals surface area contributed by atoms with E-state index in [-0.39, 0.29) is 11.0 Å². The maximum atomic E-state index is 4.91. The monoisotopic (exact) mass is 266 g/mol. The minimum absolute atomic E-state index is 0.0231.